The summed E-state index contributed by atoms with van der Waals surface area (Å²) in [7, 11) is 3.87. The number of halogens is 1. The highest BCUT2D eigenvalue weighted by atomic mass is 35.5. The molecule has 1 aromatic rings. The van der Waals surface area contributed by atoms with Crippen molar-refractivity contribution in [1.29, 1.82) is 0 Å². The van der Waals surface area contributed by atoms with Gasteiger partial charge in [-0.15, -0.1) is 0 Å². The Kier molecular flexibility index (Phi) is 3.44. The second-order valence-corrected chi connectivity index (χ2v) is 4.68. The minimum atomic E-state index is 0.774. The van der Waals surface area contributed by atoms with E-state index in [2.05, 4.69) is 9.98 Å². The van der Waals surface area contributed by atoms with Crippen LogP contribution in [0.25, 0.3) is 0 Å². The van der Waals surface area contributed by atoms with E-state index in [1.807, 2.05) is 19.0 Å². The van der Waals surface area contributed by atoms with Gasteiger partial charge in [-0.3, -0.25) is 4.98 Å². The molecule has 3 nitrogen and oxygen atoms in total. The molecule has 0 aliphatic heterocycles. The lowest BCUT2D eigenvalue weighted by Gasteiger charge is -2.16. The number of fused-ring (bicyclic) bond motifs is 1. The quantitative estimate of drug-likeness (QED) is 0.585. The van der Waals surface area contributed by atoms with Crippen LogP contribution in [0, 0.1) is 0 Å². The van der Waals surface area contributed by atoms with Gasteiger partial charge in [0, 0.05) is 19.8 Å². The number of rotatable bonds is 2. The molecule has 0 aromatic carbocycles. The number of pyridine rings is 1. The summed E-state index contributed by atoms with van der Waals surface area (Å²) in [6.07, 6.45) is 8.02. The van der Waals surface area contributed by atoms with Gasteiger partial charge in [0.05, 0.1) is 17.6 Å². The lowest BCUT2D eigenvalue weighted by molar-refractivity contribution is 0.643. The normalized spacial score (nSPS) is 15.2. The second kappa shape index (κ2) is 4.83. The standard InChI is InChI=1S/C12H16ClN3/c1-16(2)8-15-11-7-14-10-6-4-3-5-9(10)12(11)13/h7-8H,3-6H2,1-2H3/b15-8+. The molecule has 16 heavy (non-hydrogen) atoms. The summed E-state index contributed by atoms with van der Waals surface area (Å²) in [6.45, 7) is 0. The van der Waals surface area contributed by atoms with Gasteiger partial charge in [-0.2, -0.15) is 0 Å². The summed E-state index contributed by atoms with van der Waals surface area (Å²) in [6, 6.07) is 0. The monoisotopic (exact) mass is 237 g/mol. The summed E-state index contributed by atoms with van der Waals surface area (Å²) in [4.78, 5) is 10.6. The maximum Gasteiger partial charge on any atom is 0.102 e. The van der Waals surface area contributed by atoms with Crippen LogP contribution in [-0.2, 0) is 12.8 Å². The summed E-state index contributed by atoms with van der Waals surface area (Å²) in [5.41, 5.74) is 3.12. The molecule has 1 aliphatic rings. The van der Waals surface area contributed by atoms with E-state index >= 15 is 0 Å². The number of hydrogen-bond donors (Lipinski definition) is 0. The summed E-state index contributed by atoms with van der Waals surface area (Å²) in [5.74, 6) is 0. The molecule has 2 rings (SSSR count). The Bertz CT molecular complexity index is 413. The fourth-order valence-electron chi connectivity index (χ4n) is 1.89. The Morgan fingerprint density at radius 2 is 2.12 bits per heavy atom. The zero-order chi connectivity index (χ0) is 11.5. The van der Waals surface area contributed by atoms with Gasteiger partial charge in [-0.25, -0.2) is 4.99 Å². The van der Waals surface area contributed by atoms with Gasteiger partial charge in [-0.1, -0.05) is 11.6 Å². The predicted octanol–water partition coefficient (Wildman–Crippen LogP) is 2.84. The largest absolute Gasteiger partial charge is 0.369 e. The van der Waals surface area contributed by atoms with Crippen LogP contribution in [0.1, 0.15) is 24.1 Å². The van der Waals surface area contributed by atoms with Gasteiger partial charge in [0.25, 0.3) is 0 Å². The van der Waals surface area contributed by atoms with Crippen molar-refractivity contribution in [3.63, 3.8) is 0 Å². The molecule has 1 aliphatic carbocycles. The molecular formula is C12H16ClN3. The van der Waals surface area contributed by atoms with Crippen molar-refractivity contribution in [2.75, 3.05) is 14.1 Å². The van der Waals surface area contributed by atoms with E-state index in [0.717, 1.165) is 29.2 Å². The van der Waals surface area contributed by atoms with Crippen molar-refractivity contribution < 1.29 is 0 Å². The lowest BCUT2D eigenvalue weighted by Crippen LogP contribution is -2.08. The molecule has 0 saturated heterocycles. The van der Waals surface area contributed by atoms with Gasteiger partial charge in [0.2, 0.25) is 0 Å². The Morgan fingerprint density at radius 3 is 2.88 bits per heavy atom. The molecular weight excluding hydrogens is 222 g/mol. The number of hydrogen-bond acceptors (Lipinski definition) is 2. The first-order valence-corrected chi connectivity index (χ1v) is 5.93. The van der Waals surface area contributed by atoms with E-state index in [-0.39, 0.29) is 0 Å². The molecule has 0 N–H and O–H groups in total. The molecule has 0 fully saturated rings. The highest BCUT2D eigenvalue weighted by Crippen LogP contribution is 2.33. The zero-order valence-electron chi connectivity index (χ0n) is 9.70. The Morgan fingerprint density at radius 1 is 1.38 bits per heavy atom. The van der Waals surface area contributed by atoms with Crippen LogP contribution in [-0.4, -0.2) is 30.3 Å². The third-order valence-corrected chi connectivity index (χ3v) is 3.12. The van der Waals surface area contributed by atoms with Crippen LogP contribution in [0.5, 0.6) is 0 Å². The average Bonchev–Trinajstić information content (AvgIpc) is 2.28. The van der Waals surface area contributed by atoms with Crippen LogP contribution < -0.4 is 0 Å². The number of aryl methyl sites for hydroxylation is 1. The fourth-order valence-corrected chi connectivity index (χ4v) is 2.19. The molecule has 4 heteroatoms. The first-order chi connectivity index (χ1) is 7.68. The smallest absolute Gasteiger partial charge is 0.102 e. The van der Waals surface area contributed by atoms with Gasteiger partial charge < -0.3 is 4.90 Å². The maximum absolute atomic E-state index is 6.34. The van der Waals surface area contributed by atoms with Gasteiger partial charge in [0.1, 0.15) is 5.69 Å². The topological polar surface area (TPSA) is 28.5 Å². The van der Waals surface area contributed by atoms with Crippen LogP contribution in [0.4, 0.5) is 5.69 Å². The Hall–Kier alpha value is -1.09. The summed E-state index contributed by atoms with van der Waals surface area (Å²) < 4.78 is 0. The third-order valence-electron chi connectivity index (χ3n) is 2.70. The first kappa shape index (κ1) is 11.4. The molecule has 0 bridgehead atoms. The minimum Gasteiger partial charge on any atom is -0.369 e. The number of nitrogens with zero attached hydrogens (tertiary/aromatic N) is 3. The van der Waals surface area contributed by atoms with Gasteiger partial charge in [0.15, 0.2) is 0 Å². The van der Waals surface area contributed by atoms with Crippen molar-refractivity contribution in [3.05, 3.63) is 22.5 Å². The SMILES string of the molecule is CN(C)/C=N/c1cnc2c(c1Cl)CCCC2. The van der Waals surface area contributed by atoms with Crippen molar-refractivity contribution in [2.24, 2.45) is 4.99 Å². The highest BCUT2D eigenvalue weighted by Gasteiger charge is 2.16. The third kappa shape index (κ3) is 2.35. The van der Waals surface area contributed by atoms with Crippen LogP contribution in [0.15, 0.2) is 11.2 Å². The predicted molar refractivity (Wildman–Crippen MR) is 67.7 cm³/mol. The zero-order valence-corrected chi connectivity index (χ0v) is 10.5. The maximum atomic E-state index is 6.34. The average molecular weight is 238 g/mol. The summed E-state index contributed by atoms with van der Waals surface area (Å²) in [5, 5.41) is 0.780. The summed E-state index contributed by atoms with van der Waals surface area (Å²) >= 11 is 6.34. The number of aliphatic imine (C=N–C) groups is 1. The molecule has 0 radical (unpaired) electrons. The van der Waals surface area contributed by atoms with E-state index in [1.165, 1.54) is 18.4 Å². The lowest BCUT2D eigenvalue weighted by atomic mass is 9.96. The Labute approximate surface area is 101 Å². The van der Waals surface area contributed by atoms with E-state index in [9.17, 15) is 0 Å². The van der Waals surface area contributed by atoms with E-state index in [0.29, 0.717) is 0 Å². The second-order valence-electron chi connectivity index (χ2n) is 4.30. The van der Waals surface area contributed by atoms with Crippen molar-refractivity contribution in [2.45, 2.75) is 25.7 Å². The molecule has 0 saturated carbocycles. The van der Waals surface area contributed by atoms with Gasteiger partial charge >= 0.3 is 0 Å². The number of aromatic nitrogens is 1. The molecule has 0 atom stereocenters. The van der Waals surface area contributed by atoms with Crippen LogP contribution >= 0.6 is 11.6 Å². The molecule has 86 valence electrons. The minimum absolute atomic E-state index is 0.774. The van der Waals surface area contributed by atoms with E-state index < -0.39 is 0 Å². The molecule has 1 aromatic heterocycles. The molecule has 1 heterocycles. The molecule has 0 amide bonds. The molecule has 0 spiro atoms. The van der Waals surface area contributed by atoms with Crippen LogP contribution in [0.3, 0.4) is 0 Å². The Balaban J connectivity index is 2.34. The molecule has 0 unspecified atom stereocenters. The fraction of sp³-hybridized carbons (Fsp3) is 0.500. The van der Waals surface area contributed by atoms with E-state index in [4.69, 9.17) is 11.6 Å². The van der Waals surface area contributed by atoms with Crippen molar-refractivity contribution in [1.82, 2.24) is 9.88 Å². The van der Waals surface area contributed by atoms with Crippen LogP contribution in [0.2, 0.25) is 5.02 Å². The van der Waals surface area contributed by atoms with Crippen molar-refractivity contribution >= 4 is 23.6 Å². The van der Waals surface area contributed by atoms with Gasteiger partial charge in [-0.05, 0) is 31.2 Å². The first-order valence-electron chi connectivity index (χ1n) is 5.55. The highest BCUT2D eigenvalue weighted by molar-refractivity contribution is 6.33. The van der Waals surface area contributed by atoms with Crippen molar-refractivity contribution in [3.8, 4) is 0 Å². The van der Waals surface area contributed by atoms with E-state index in [1.54, 1.807) is 12.5 Å².